The van der Waals surface area contributed by atoms with Gasteiger partial charge in [-0.1, -0.05) is 0 Å². The molecule has 0 bridgehead atoms. The van der Waals surface area contributed by atoms with Gasteiger partial charge >= 0.3 is 11.1 Å². The lowest BCUT2D eigenvalue weighted by Gasteiger charge is -2.08. The predicted octanol–water partition coefficient (Wildman–Crippen LogP) is -0.498. The second kappa shape index (κ2) is 4.46. The number of aromatic amines is 2. The van der Waals surface area contributed by atoms with Crippen LogP contribution in [0, 0.1) is 0 Å². The molecule has 94 valence electrons. The highest BCUT2D eigenvalue weighted by Crippen LogP contribution is 2.13. The first-order valence-electron chi connectivity index (χ1n) is 5.30. The number of carbonyl (C=O) groups is 1. The van der Waals surface area contributed by atoms with Crippen molar-refractivity contribution in [1.29, 1.82) is 0 Å². The lowest BCUT2D eigenvalue weighted by molar-refractivity contribution is -0.117. The Balaban J connectivity index is 2.44. The third-order valence-corrected chi connectivity index (χ3v) is 2.40. The van der Waals surface area contributed by atoms with Gasteiger partial charge in [-0.15, -0.1) is 0 Å². The molecule has 5 N–H and O–H groups in total. The van der Waals surface area contributed by atoms with Crippen LogP contribution < -0.4 is 22.2 Å². The van der Waals surface area contributed by atoms with E-state index in [9.17, 15) is 14.4 Å². The van der Waals surface area contributed by atoms with E-state index in [0.29, 0.717) is 16.7 Å². The summed E-state index contributed by atoms with van der Waals surface area (Å²) in [5.41, 5.74) is 5.38. The number of hydrogen-bond donors (Lipinski definition) is 4. The maximum Gasteiger partial charge on any atom is 0.314 e. The molecule has 0 fully saturated rings. The zero-order chi connectivity index (χ0) is 13.3. The fourth-order valence-electron chi connectivity index (χ4n) is 1.45. The Morgan fingerprint density at radius 2 is 1.83 bits per heavy atom. The second-order valence-corrected chi connectivity index (χ2v) is 3.95. The highest BCUT2D eigenvalue weighted by atomic mass is 16.2. The van der Waals surface area contributed by atoms with Crippen molar-refractivity contribution in [2.45, 2.75) is 13.0 Å². The minimum Gasteiger partial charge on any atom is -0.325 e. The van der Waals surface area contributed by atoms with E-state index in [0.717, 1.165) is 0 Å². The Morgan fingerprint density at radius 3 is 2.44 bits per heavy atom. The zero-order valence-electron chi connectivity index (χ0n) is 9.61. The van der Waals surface area contributed by atoms with Gasteiger partial charge < -0.3 is 21.0 Å². The summed E-state index contributed by atoms with van der Waals surface area (Å²) in [5.74, 6) is -0.332. The van der Waals surface area contributed by atoms with Crippen LogP contribution in [-0.4, -0.2) is 21.9 Å². The smallest absolute Gasteiger partial charge is 0.314 e. The molecule has 0 aliphatic carbocycles. The van der Waals surface area contributed by atoms with Gasteiger partial charge in [0, 0.05) is 5.69 Å². The molecule has 7 heteroatoms. The third-order valence-electron chi connectivity index (χ3n) is 2.40. The van der Waals surface area contributed by atoms with Gasteiger partial charge in [0.25, 0.3) is 0 Å². The molecule has 1 aromatic heterocycles. The van der Waals surface area contributed by atoms with Crippen molar-refractivity contribution in [3.05, 3.63) is 38.9 Å². The van der Waals surface area contributed by atoms with Gasteiger partial charge in [0.2, 0.25) is 5.91 Å². The molecule has 0 saturated carbocycles. The lowest BCUT2D eigenvalue weighted by atomic mass is 10.2. The molecule has 1 atom stereocenters. The molecule has 0 spiro atoms. The summed E-state index contributed by atoms with van der Waals surface area (Å²) >= 11 is 0. The van der Waals surface area contributed by atoms with Gasteiger partial charge in [0.05, 0.1) is 17.1 Å². The summed E-state index contributed by atoms with van der Waals surface area (Å²) in [5, 5.41) is 2.59. The summed E-state index contributed by atoms with van der Waals surface area (Å²) in [6, 6.07) is 4.11. The predicted molar refractivity (Wildman–Crippen MR) is 67.5 cm³/mol. The highest BCUT2D eigenvalue weighted by Gasteiger charge is 2.08. The second-order valence-electron chi connectivity index (χ2n) is 3.95. The van der Waals surface area contributed by atoms with E-state index in [2.05, 4.69) is 15.3 Å². The number of amides is 1. The van der Waals surface area contributed by atoms with Crippen molar-refractivity contribution < 1.29 is 4.79 Å². The first-order valence-corrected chi connectivity index (χ1v) is 5.30. The van der Waals surface area contributed by atoms with Gasteiger partial charge in [-0.2, -0.15) is 0 Å². The average Bonchev–Trinajstić information content (AvgIpc) is 2.31. The van der Waals surface area contributed by atoms with E-state index in [-0.39, 0.29) is 5.91 Å². The van der Waals surface area contributed by atoms with Gasteiger partial charge in [0.15, 0.2) is 0 Å². The van der Waals surface area contributed by atoms with E-state index in [4.69, 9.17) is 5.73 Å². The number of anilines is 1. The molecule has 18 heavy (non-hydrogen) atoms. The van der Waals surface area contributed by atoms with Crippen LogP contribution in [0.2, 0.25) is 0 Å². The SMILES string of the molecule is C[C@H](N)C(=O)Nc1ccc2[nH]c(=O)c(=O)[nH]c2c1. The highest BCUT2D eigenvalue weighted by molar-refractivity contribution is 5.95. The van der Waals surface area contributed by atoms with Crippen LogP contribution >= 0.6 is 0 Å². The average molecular weight is 248 g/mol. The molecular weight excluding hydrogens is 236 g/mol. The minimum absolute atomic E-state index is 0.332. The van der Waals surface area contributed by atoms with Crippen molar-refractivity contribution in [3.8, 4) is 0 Å². The molecule has 1 heterocycles. The van der Waals surface area contributed by atoms with E-state index in [1.54, 1.807) is 25.1 Å². The molecule has 0 saturated heterocycles. The van der Waals surface area contributed by atoms with E-state index in [1.165, 1.54) is 0 Å². The number of nitrogens with one attached hydrogen (secondary N) is 3. The largest absolute Gasteiger partial charge is 0.325 e. The molecule has 0 aliphatic rings. The molecule has 2 rings (SSSR count). The van der Waals surface area contributed by atoms with Crippen LogP contribution in [0.15, 0.2) is 27.8 Å². The van der Waals surface area contributed by atoms with Crippen molar-refractivity contribution in [2.75, 3.05) is 5.32 Å². The Bertz CT molecular complexity index is 714. The summed E-state index contributed by atoms with van der Waals surface area (Å²) in [7, 11) is 0. The number of aromatic nitrogens is 2. The van der Waals surface area contributed by atoms with Crippen molar-refractivity contribution in [3.63, 3.8) is 0 Å². The maximum absolute atomic E-state index is 11.4. The summed E-state index contributed by atoms with van der Waals surface area (Å²) < 4.78 is 0. The van der Waals surface area contributed by atoms with Crippen LogP contribution in [0.3, 0.4) is 0 Å². The standard InChI is InChI=1S/C11H12N4O3/c1-5(12)9(16)13-6-2-3-7-8(4-6)15-11(18)10(17)14-7/h2-5H,12H2,1H3,(H,13,16)(H,14,17)(H,15,18)/t5-/m0/s1. The van der Waals surface area contributed by atoms with Crippen LogP contribution in [0.5, 0.6) is 0 Å². The van der Waals surface area contributed by atoms with E-state index < -0.39 is 17.2 Å². The molecule has 2 aromatic rings. The molecule has 7 nitrogen and oxygen atoms in total. The Morgan fingerprint density at radius 1 is 1.22 bits per heavy atom. The fraction of sp³-hybridized carbons (Fsp3) is 0.182. The number of benzene rings is 1. The van der Waals surface area contributed by atoms with E-state index in [1.807, 2.05) is 0 Å². The van der Waals surface area contributed by atoms with Crippen LogP contribution in [0.4, 0.5) is 5.69 Å². The number of carbonyl (C=O) groups excluding carboxylic acids is 1. The van der Waals surface area contributed by atoms with Crippen molar-refractivity contribution in [1.82, 2.24) is 9.97 Å². The maximum atomic E-state index is 11.4. The van der Waals surface area contributed by atoms with Crippen molar-refractivity contribution >= 4 is 22.6 Å². The molecule has 0 aliphatic heterocycles. The van der Waals surface area contributed by atoms with Crippen LogP contribution in [-0.2, 0) is 4.79 Å². The summed E-state index contributed by atoms with van der Waals surface area (Å²) in [4.78, 5) is 38.5. The summed E-state index contributed by atoms with van der Waals surface area (Å²) in [6.07, 6.45) is 0. The molecule has 0 radical (unpaired) electrons. The Labute approximate surface area is 101 Å². The minimum atomic E-state index is -0.738. The number of fused-ring (bicyclic) bond motifs is 1. The van der Waals surface area contributed by atoms with Gasteiger partial charge in [-0.05, 0) is 25.1 Å². The Kier molecular flexibility index (Phi) is 2.99. The number of H-pyrrole nitrogens is 2. The zero-order valence-corrected chi connectivity index (χ0v) is 9.61. The summed E-state index contributed by atoms with van der Waals surface area (Å²) in [6.45, 7) is 1.57. The van der Waals surface area contributed by atoms with E-state index >= 15 is 0 Å². The molecule has 1 amide bonds. The first kappa shape index (κ1) is 12.1. The Hall–Kier alpha value is -2.41. The quantitative estimate of drug-likeness (QED) is 0.535. The van der Waals surface area contributed by atoms with Gasteiger partial charge in [-0.3, -0.25) is 14.4 Å². The number of hydrogen-bond acceptors (Lipinski definition) is 4. The topological polar surface area (TPSA) is 121 Å². The molecule has 1 aromatic carbocycles. The fourth-order valence-corrected chi connectivity index (χ4v) is 1.45. The molecular formula is C11H12N4O3. The molecule has 0 unspecified atom stereocenters. The monoisotopic (exact) mass is 248 g/mol. The number of nitrogens with two attached hydrogens (primary N) is 1. The third kappa shape index (κ3) is 2.30. The van der Waals surface area contributed by atoms with Gasteiger partial charge in [-0.25, -0.2) is 0 Å². The lowest BCUT2D eigenvalue weighted by Crippen LogP contribution is -2.32. The van der Waals surface area contributed by atoms with Crippen molar-refractivity contribution in [2.24, 2.45) is 5.73 Å². The van der Waals surface area contributed by atoms with Crippen LogP contribution in [0.25, 0.3) is 11.0 Å². The normalized spacial score (nSPS) is 12.3. The first-order chi connectivity index (χ1) is 8.47. The number of rotatable bonds is 2. The van der Waals surface area contributed by atoms with Gasteiger partial charge in [0.1, 0.15) is 0 Å². The van der Waals surface area contributed by atoms with Crippen LogP contribution in [0.1, 0.15) is 6.92 Å².